The number of anilines is 1. The molecule has 0 radical (unpaired) electrons. The summed E-state index contributed by atoms with van der Waals surface area (Å²) in [7, 11) is 4.36. The summed E-state index contributed by atoms with van der Waals surface area (Å²) in [5, 5.41) is 7.27. The summed E-state index contributed by atoms with van der Waals surface area (Å²) in [6.45, 7) is 9.63. The van der Waals surface area contributed by atoms with Crippen LogP contribution in [0.4, 0.5) is 5.69 Å². The van der Waals surface area contributed by atoms with E-state index in [-0.39, 0.29) is 29.7 Å². The molecule has 1 saturated carbocycles. The van der Waals surface area contributed by atoms with E-state index in [1.165, 1.54) is 12.8 Å². The van der Waals surface area contributed by atoms with Crippen molar-refractivity contribution >= 4 is 28.4 Å². The topological polar surface area (TPSA) is 77.6 Å². The molecule has 3 aromatic rings. The molecule has 5 rings (SSSR count). The van der Waals surface area contributed by atoms with Crippen LogP contribution < -0.4 is 15.5 Å². The molecule has 2 aromatic carbocycles. The molecule has 224 valence electrons. The maximum atomic E-state index is 13.9. The third-order valence-electron chi connectivity index (χ3n) is 9.68. The van der Waals surface area contributed by atoms with Crippen molar-refractivity contribution in [3.63, 3.8) is 0 Å². The molecular weight excluding hydrogens is 522 g/mol. The Morgan fingerprint density at radius 1 is 1.05 bits per heavy atom. The molecule has 1 aliphatic carbocycles. The summed E-state index contributed by atoms with van der Waals surface area (Å²) < 4.78 is 0. The Kier molecular flexibility index (Phi) is 9.16. The summed E-state index contributed by atoms with van der Waals surface area (Å²) in [6, 6.07) is 15.8. The number of nitrogens with one attached hydrogen (secondary N) is 2. The molecule has 0 spiro atoms. The number of pyridine rings is 1. The van der Waals surface area contributed by atoms with E-state index in [0.717, 1.165) is 59.1 Å². The van der Waals surface area contributed by atoms with Gasteiger partial charge >= 0.3 is 0 Å². The van der Waals surface area contributed by atoms with E-state index in [4.69, 9.17) is 4.98 Å². The van der Waals surface area contributed by atoms with Crippen LogP contribution in [0.2, 0.25) is 0 Å². The molecule has 3 unspecified atom stereocenters. The monoisotopic (exact) mass is 569 g/mol. The molecule has 2 fully saturated rings. The number of rotatable bonds is 8. The average Bonchev–Trinajstić information content (AvgIpc) is 2.97. The number of carbonyl (C=O) groups excluding carboxylic acids is 2. The van der Waals surface area contributed by atoms with Crippen molar-refractivity contribution in [1.29, 1.82) is 0 Å². The lowest BCUT2D eigenvalue weighted by atomic mass is 9.84. The van der Waals surface area contributed by atoms with Crippen molar-refractivity contribution < 1.29 is 9.59 Å². The van der Waals surface area contributed by atoms with Crippen LogP contribution >= 0.6 is 0 Å². The lowest BCUT2D eigenvalue weighted by Gasteiger charge is -2.40. The number of piperidine rings is 1. The third-order valence-corrected chi connectivity index (χ3v) is 9.68. The second-order valence-corrected chi connectivity index (χ2v) is 12.7. The Balaban J connectivity index is 1.52. The largest absolute Gasteiger partial charge is 0.369 e. The Morgan fingerprint density at radius 2 is 1.76 bits per heavy atom. The smallest absolute Gasteiger partial charge is 0.251 e. The SMILES string of the molecule is CCN(c1cc(-c2cccc3cccnc23)cc(C(=O)NCC2C(=O)NC(C)CC2C)c1C)C1CCC(N(C)C)CC1. The Labute approximate surface area is 251 Å². The molecule has 1 aliphatic heterocycles. The van der Waals surface area contributed by atoms with Gasteiger partial charge in [0.15, 0.2) is 0 Å². The first kappa shape index (κ1) is 30.0. The molecule has 7 nitrogen and oxygen atoms in total. The van der Waals surface area contributed by atoms with Gasteiger partial charge in [0.2, 0.25) is 5.91 Å². The molecule has 2 amide bonds. The van der Waals surface area contributed by atoms with Crippen LogP contribution in [0, 0.1) is 18.8 Å². The molecule has 42 heavy (non-hydrogen) atoms. The number of para-hydroxylation sites is 1. The predicted molar refractivity (Wildman–Crippen MR) is 172 cm³/mol. The quantitative estimate of drug-likeness (QED) is 0.359. The van der Waals surface area contributed by atoms with Crippen LogP contribution in [0.3, 0.4) is 0 Å². The zero-order valence-electron chi connectivity index (χ0n) is 26.1. The van der Waals surface area contributed by atoms with E-state index >= 15 is 0 Å². The van der Waals surface area contributed by atoms with Gasteiger partial charge in [0, 0.05) is 59.6 Å². The van der Waals surface area contributed by atoms with Crippen molar-refractivity contribution in [3.8, 4) is 11.1 Å². The minimum absolute atomic E-state index is 0.0278. The zero-order chi connectivity index (χ0) is 30.0. The number of aromatic nitrogens is 1. The van der Waals surface area contributed by atoms with Gasteiger partial charge in [0.25, 0.3) is 5.91 Å². The lowest BCUT2D eigenvalue weighted by molar-refractivity contribution is -0.129. The van der Waals surface area contributed by atoms with Crippen LogP contribution in [-0.2, 0) is 4.79 Å². The maximum absolute atomic E-state index is 13.9. The molecule has 3 atom stereocenters. The van der Waals surface area contributed by atoms with E-state index in [1.807, 2.05) is 25.3 Å². The highest BCUT2D eigenvalue weighted by atomic mass is 16.2. The fourth-order valence-electron chi connectivity index (χ4n) is 7.22. The molecular formula is C35H47N5O2. The second kappa shape index (κ2) is 12.8. The highest BCUT2D eigenvalue weighted by Crippen LogP contribution is 2.37. The first-order valence-corrected chi connectivity index (χ1v) is 15.7. The molecule has 1 aromatic heterocycles. The molecule has 7 heteroatoms. The van der Waals surface area contributed by atoms with Gasteiger partial charge in [-0.3, -0.25) is 14.6 Å². The van der Waals surface area contributed by atoms with Crippen molar-refractivity contribution in [2.24, 2.45) is 11.8 Å². The lowest BCUT2D eigenvalue weighted by Crippen LogP contribution is -2.50. The van der Waals surface area contributed by atoms with E-state index in [9.17, 15) is 9.59 Å². The van der Waals surface area contributed by atoms with Gasteiger partial charge in [-0.2, -0.15) is 0 Å². The van der Waals surface area contributed by atoms with Gasteiger partial charge in [0.1, 0.15) is 0 Å². The number of hydrogen-bond acceptors (Lipinski definition) is 5. The first-order chi connectivity index (χ1) is 20.2. The van der Waals surface area contributed by atoms with Crippen molar-refractivity contribution in [1.82, 2.24) is 20.5 Å². The van der Waals surface area contributed by atoms with Crippen LogP contribution in [0.25, 0.3) is 22.0 Å². The number of nitrogens with zero attached hydrogens (tertiary/aromatic N) is 3. The van der Waals surface area contributed by atoms with Gasteiger partial charge in [-0.1, -0.05) is 31.2 Å². The molecule has 2 N–H and O–H groups in total. The standard InChI is InChI=1S/C35H47N5O2/c1-7-40(28-15-13-27(14-16-28)39(5)6)32-20-26(29-12-8-10-25-11-9-17-36-33(25)29)19-30(24(32)4)34(41)37-21-31-22(2)18-23(3)38-35(31)42/h8-12,17,19-20,22-23,27-28,31H,7,13-16,18,21H2,1-6H3,(H,37,41)(H,38,42). The van der Waals surface area contributed by atoms with Crippen LogP contribution in [0.1, 0.15) is 68.8 Å². The van der Waals surface area contributed by atoms with Gasteiger partial charge in [0.05, 0.1) is 11.4 Å². The molecule has 0 bridgehead atoms. The van der Waals surface area contributed by atoms with Gasteiger partial charge in [-0.05, 0) is 102 Å². The van der Waals surface area contributed by atoms with E-state index in [0.29, 0.717) is 24.2 Å². The summed E-state index contributed by atoms with van der Waals surface area (Å²) >= 11 is 0. The fraction of sp³-hybridized carbons (Fsp3) is 0.514. The molecule has 2 heterocycles. The van der Waals surface area contributed by atoms with E-state index < -0.39 is 0 Å². The summed E-state index contributed by atoms with van der Waals surface area (Å²) in [5.74, 6) is -0.115. The molecule has 2 aliphatic rings. The fourth-order valence-corrected chi connectivity index (χ4v) is 7.22. The van der Waals surface area contributed by atoms with E-state index in [2.05, 4.69) is 85.6 Å². The Hall–Kier alpha value is -3.45. The number of amides is 2. The van der Waals surface area contributed by atoms with Gasteiger partial charge in [-0.25, -0.2) is 0 Å². The minimum atomic E-state index is -0.227. The summed E-state index contributed by atoms with van der Waals surface area (Å²) in [6.07, 6.45) is 7.35. The molecule has 1 saturated heterocycles. The highest BCUT2D eigenvalue weighted by molar-refractivity contribution is 6.01. The van der Waals surface area contributed by atoms with Gasteiger partial charge < -0.3 is 20.4 Å². The van der Waals surface area contributed by atoms with Crippen LogP contribution in [0.5, 0.6) is 0 Å². The number of fused-ring (bicyclic) bond motifs is 1. The Bertz CT molecular complexity index is 1420. The van der Waals surface area contributed by atoms with Gasteiger partial charge in [-0.15, -0.1) is 0 Å². The summed E-state index contributed by atoms with van der Waals surface area (Å²) in [4.78, 5) is 36.2. The third kappa shape index (κ3) is 6.17. The van der Waals surface area contributed by atoms with Crippen molar-refractivity contribution in [3.05, 3.63) is 59.8 Å². The van der Waals surface area contributed by atoms with E-state index in [1.54, 1.807) is 0 Å². The van der Waals surface area contributed by atoms with Crippen LogP contribution in [0.15, 0.2) is 48.7 Å². The minimum Gasteiger partial charge on any atom is -0.369 e. The summed E-state index contributed by atoms with van der Waals surface area (Å²) in [5.41, 5.74) is 5.69. The Morgan fingerprint density at radius 3 is 2.45 bits per heavy atom. The van der Waals surface area contributed by atoms with Crippen LogP contribution in [-0.4, -0.2) is 67.0 Å². The first-order valence-electron chi connectivity index (χ1n) is 15.7. The van der Waals surface area contributed by atoms with Crippen molar-refractivity contribution in [2.45, 2.75) is 77.9 Å². The maximum Gasteiger partial charge on any atom is 0.251 e. The second-order valence-electron chi connectivity index (χ2n) is 12.7. The number of hydrogen-bond donors (Lipinski definition) is 2. The predicted octanol–water partition coefficient (Wildman–Crippen LogP) is 5.80. The average molecular weight is 570 g/mol. The van der Waals surface area contributed by atoms with Crippen molar-refractivity contribution in [2.75, 3.05) is 32.1 Å². The zero-order valence-corrected chi connectivity index (χ0v) is 26.1. The normalized spacial score (nSPS) is 24.5. The highest BCUT2D eigenvalue weighted by Gasteiger charge is 2.33. The number of carbonyl (C=O) groups is 2. The number of benzene rings is 2.